The van der Waals surface area contributed by atoms with Crippen LogP contribution in [0.3, 0.4) is 0 Å². The number of hydrogen-bond acceptors (Lipinski definition) is 1. The molecule has 76 valence electrons. The second-order valence-electron chi connectivity index (χ2n) is 3.51. The van der Waals surface area contributed by atoms with E-state index in [4.69, 9.17) is 0 Å². The third kappa shape index (κ3) is 2.37. The van der Waals surface area contributed by atoms with Crippen LogP contribution in [0.5, 0.6) is 0 Å². The molecular formula is C11H12F2O. The lowest BCUT2D eigenvalue weighted by Crippen LogP contribution is -1.94. The molecule has 0 N–H and O–H groups in total. The maximum Gasteiger partial charge on any atom is 0.263 e. The summed E-state index contributed by atoms with van der Waals surface area (Å²) in [5.41, 5.74) is 0.995. The van der Waals surface area contributed by atoms with Crippen LogP contribution in [0.1, 0.15) is 47.7 Å². The largest absolute Gasteiger partial charge is 0.298 e. The number of halogens is 2. The third-order valence-corrected chi connectivity index (χ3v) is 2.05. The molecule has 3 heteroatoms. The van der Waals surface area contributed by atoms with E-state index in [1.54, 1.807) is 6.07 Å². The smallest absolute Gasteiger partial charge is 0.263 e. The van der Waals surface area contributed by atoms with Crippen LogP contribution < -0.4 is 0 Å². The molecule has 0 fully saturated rings. The van der Waals surface area contributed by atoms with Crippen molar-refractivity contribution in [2.45, 2.75) is 26.2 Å². The Morgan fingerprint density at radius 2 is 1.71 bits per heavy atom. The number of rotatable bonds is 3. The Morgan fingerprint density at radius 1 is 1.14 bits per heavy atom. The molecule has 0 aliphatic carbocycles. The molecule has 0 aliphatic heterocycles. The minimum atomic E-state index is -2.52. The zero-order valence-electron chi connectivity index (χ0n) is 8.13. The molecule has 1 nitrogen and oxygen atoms in total. The number of alkyl halides is 2. The first-order chi connectivity index (χ1) is 6.54. The summed E-state index contributed by atoms with van der Waals surface area (Å²) in [6.45, 7) is 3.80. The molecule has 0 amide bonds. The predicted molar refractivity (Wildman–Crippen MR) is 50.9 cm³/mol. The van der Waals surface area contributed by atoms with Gasteiger partial charge >= 0.3 is 0 Å². The van der Waals surface area contributed by atoms with Gasteiger partial charge in [0.05, 0.1) is 0 Å². The summed E-state index contributed by atoms with van der Waals surface area (Å²) in [7, 11) is 0. The van der Waals surface area contributed by atoms with E-state index < -0.39 is 6.43 Å². The summed E-state index contributed by atoms with van der Waals surface area (Å²) in [6.07, 6.45) is -1.93. The standard InChI is InChI=1S/C11H12F2O/c1-7(2)9-3-8(6-14)4-10(5-9)11(12)13/h3-7,11H,1-2H3. The van der Waals surface area contributed by atoms with E-state index in [-0.39, 0.29) is 11.5 Å². The summed E-state index contributed by atoms with van der Waals surface area (Å²) in [5.74, 6) is 0.146. The summed E-state index contributed by atoms with van der Waals surface area (Å²) in [4.78, 5) is 10.5. The molecule has 0 saturated heterocycles. The molecule has 1 rings (SSSR count). The van der Waals surface area contributed by atoms with Gasteiger partial charge < -0.3 is 0 Å². The van der Waals surface area contributed by atoms with Crippen LogP contribution in [0.2, 0.25) is 0 Å². The number of aldehydes is 1. The van der Waals surface area contributed by atoms with Gasteiger partial charge in [-0.1, -0.05) is 13.8 Å². The molecule has 0 aromatic heterocycles. The molecule has 0 saturated carbocycles. The van der Waals surface area contributed by atoms with Crippen molar-refractivity contribution < 1.29 is 13.6 Å². The lowest BCUT2D eigenvalue weighted by atomic mass is 9.98. The quantitative estimate of drug-likeness (QED) is 0.678. The molecule has 0 spiro atoms. The summed E-state index contributed by atoms with van der Waals surface area (Å²) >= 11 is 0. The summed E-state index contributed by atoms with van der Waals surface area (Å²) < 4.78 is 24.8. The molecule has 0 bridgehead atoms. The molecule has 0 radical (unpaired) electrons. The van der Waals surface area contributed by atoms with Gasteiger partial charge in [-0.15, -0.1) is 0 Å². The average molecular weight is 198 g/mol. The Hall–Kier alpha value is -1.25. The second-order valence-corrected chi connectivity index (χ2v) is 3.51. The van der Waals surface area contributed by atoms with Crippen molar-refractivity contribution in [3.8, 4) is 0 Å². The van der Waals surface area contributed by atoms with Gasteiger partial charge in [-0.3, -0.25) is 4.79 Å². The third-order valence-electron chi connectivity index (χ3n) is 2.05. The van der Waals surface area contributed by atoms with Crippen LogP contribution in [0.4, 0.5) is 8.78 Å². The fraction of sp³-hybridized carbons (Fsp3) is 0.364. The molecule has 0 unspecified atom stereocenters. The van der Waals surface area contributed by atoms with E-state index >= 15 is 0 Å². The molecule has 1 aromatic rings. The zero-order valence-corrected chi connectivity index (χ0v) is 8.13. The normalized spacial score (nSPS) is 11.0. The minimum Gasteiger partial charge on any atom is -0.298 e. The molecule has 14 heavy (non-hydrogen) atoms. The number of hydrogen-bond donors (Lipinski definition) is 0. The van der Waals surface area contributed by atoms with Gasteiger partial charge in [-0.25, -0.2) is 8.78 Å². The van der Waals surface area contributed by atoms with E-state index in [1.807, 2.05) is 13.8 Å². The number of carbonyl (C=O) groups is 1. The highest BCUT2D eigenvalue weighted by Crippen LogP contribution is 2.24. The minimum absolute atomic E-state index is 0.0849. The maximum absolute atomic E-state index is 12.4. The SMILES string of the molecule is CC(C)c1cc(C=O)cc(C(F)F)c1. The Morgan fingerprint density at radius 3 is 2.14 bits per heavy atom. The van der Waals surface area contributed by atoms with Gasteiger partial charge in [0.2, 0.25) is 0 Å². The van der Waals surface area contributed by atoms with Crippen molar-refractivity contribution in [3.05, 3.63) is 34.9 Å². The molecule has 0 atom stereocenters. The maximum atomic E-state index is 12.4. The van der Waals surface area contributed by atoms with Crippen molar-refractivity contribution in [2.24, 2.45) is 0 Å². The Bertz CT molecular complexity index is 306. The second kappa shape index (κ2) is 4.31. The van der Waals surface area contributed by atoms with Crippen molar-refractivity contribution >= 4 is 6.29 Å². The van der Waals surface area contributed by atoms with Crippen LogP contribution >= 0.6 is 0 Å². The van der Waals surface area contributed by atoms with E-state index in [2.05, 4.69) is 0 Å². The fourth-order valence-electron chi connectivity index (χ4n) is 1.23. The van der Waals surface area contributed by atoms with Crippen LogP contribution in [-0.2, 0) is 0 Å². The topological polar surface area (TPSA) is 17.1 Å². The highest BCUT2D eigenvalue weighted by molar-refractivity contribution is 5.75. The Labute approximate surface area is 81.7 Å². The Balaban J connectivity index is 3.20. The highest BCUT2D eigenvalue weighted by Gasteiger charge is 2.11. The van der Waals surface area contributed by atoms with Crippen LogP contribution in [0, 0.1) is 0 Å². The summed E-state index contributed by atoms with van der Waals surface area (Å²) in [5, 5.41) is 0. The van der Waals surface area contributed by atoms with E-state index in [0.717, 1.165) is 5.56 Å². The van der Waals surface area contributed by atoms with Crippen LogP contribution in [0.25, 0.3) is 0 Å². The molecule has 1 aromatic carbocycles. The first-order valence-electron chi connectivity index (χ1n) is 4.42. The fourth-order valence-corrected chi connectivity index (χ4v) is 1.23. The van der Waals surface area contributed by atoms with Gasteiger partial charge in [0.25, 0.3) is 6.43 Å². The first-order valence-corrected chi connectivity index (χ1v) is 4.42. The van der Waals surface area contributed by atoms with Gasteiger partial charge in [0.1, 0.15) is 6.29 Å². The zero-order chi connectivity index (χ0) is 10.7. The van der Waals surface area contributed by atoms with E-state index in [1.165, 1.54) is 12.1 Å². The highest BCUT2D eigenvalue weighted by atomic mass is 19.3. The monoisotopic (exact) mass is 198 g/mol. The van der Waals surface area contributed by atoms with Gasteiger partial charge in [0.15, 0.2) is 0 Å². The van der Waals surface area contributed by atoms with E-state index in [9.17, 15) is 13.6 Å². The van der Waals surface area contributed by atoms with Crippen molar-refractivity contribution in [2.75, 3.05) is 0 Å². The van der Waals surface area contributed by atoms with Gasteiger partial charge in [0, 0.05) is 11.1 Å². The average Bonchev–Trinajstić information content (AvgIpc) is 2.16. The van der Waals surface area contributed by atoms with Gasteiger partial charge in [-0.05, 0) is 29.7 Å². The van der Waals surface area contributed by atoms with Crippen LogP contribution in [0.15, 0.2) is 18.2 Å². The van der Waals surface area contributed by atoms with Crippen molar-refractivity contribution in [1.29, 1.82) is 0 Å². The number of benzene rings is 1. The van der Waals surface area contributed by atoms with Crippen molar-refractivity contribution in [1.82, 2.24) is 0 Å². The first kappa shape index (κ1) is 10.8. The molecular weight excluding hydrogens is 186 g/mol. The van der Waals surface area contributed by atoms with E-state index in [0.29, 0.717) is 11.8 Å². The Kier molecular flexibility index (Phi) is 3.33. The number of carbonyl (C=O) groups excluding carboxylic acids is 1. The summed E-state index contributed by atoms with van der Waals surface area (Å²) in [6, 6.07) is 4.31. The van der Waals surface area contributed by atoms with Crippen molar-refractivity contribution in [3.63, 3.8) is 0 Å². The molecule has 0 aliphatic rings. The lowest BCUT2D eigenvalue weighted by Gasteiger charge is -2.09. The van der Waals surface area contributed by atoms with Gasteiger partial charge in [-0.2, -0.15) is 0 Å². The molecule has 0 heterocycles. The van der Waals surface area contributed by atoms with Crippen LogP contribution in [-0.4, -0.2) is 6.29 Å². The predicted octanol–water partition coefficient (Wildman–Crippen LogP) is 3.56. The lowest BCUT2D eigenvalue weighted by molar-refractivity contribution is 0.112.